The third-order valence-corrected chi connectivity index (χ3v) is 5.70. The van der Waals surface area contributed by atoms with Crippen LogP contribution in [0.25, 0.3) is 5.76 Å². The van der Waals surface area contributed by atoms with Crippen LogP contribution in [0.1, 0.15) is 31.0 Å². The van der Waals surface area contributed by atoms with Crippen LogP contribution in [0.2, 0.25) is 0 Å². The van der Waals surface area contributed by atoms with Gasteiger partial charge in [-0.05, 0) is 62.0 Å². The summed E-state index contributed by atoms with van der Waals surface area (Å²) in [6.45, 7) is 5.69. The second-order valence-electron chi connectivity index (χ2n) is 8.58. The molecule has 1 atom stereocenters. The second-order valence-corrected chi connectivity index (χ2v) is 9.50. The van der Waals surface area contributed by atoms with Crippen molar-refractivity contribution in [3.63, 3.8) is 0 Å². The molecule has 2 aromatic rings. The van der Waals surface area contributed by atoms with E-state index in [0.717, 1.165) is 10.0 Å². The predicted octanol–water partition coefficient (Wildman–Crippen LogP) is 4.47. The van der Waals surface area contributed by atoms with Crippen molar-refractivity contribution in [2.45, 2.75) is 19.9 Å². The Morgan fingerprint density at radius 2 is 1.84 bits per heavy atom. The normalized spacial score (nSPS) is 18.1. The zero-order valence-electron chi connectivity index (χ0n) is 18.8. The van der Waals surface area contributed by atoms with Crippen molar-refractivity contribution >= 4 is 33.4 Å². The summed E-state index contributed by atoms with van der Waals surface area (Å²) < 4.78 is 6.54. The van der Waals surface area contributed by atoms with Crippen molar-refractivity contribution in [3.8, 4) is 5.75 Å². The lowest BCUT2D eigenvalue weighted by molar-refractivity contribution is -0.140. The van der Waals surface area contributed by atoms with E-state index < -0.39 is 17.7 Å². The van der Waals surface area contributed by atoms with Crippen LogP contribution in [0.15, 0.2) is 58.6 Å². The third kappa shape index (κ3) is 5.40. The molecule has 1 unspecified atom stereocenters. The molecule has 2 aromatic carbocycles. The maximum atomic E-state index is 13.0. The SMILES string of the molecule is CC(C)COc1ccc(/C(O)=C2\C(=O)C(=O)N(CCN(C)C)C2c2cccc(Br)c2)cc1. The number of amides is 1. The maximum Gasteiger partial charge on any atom is 0.295 e. The fourth-order valence-corrected chi connectivity index (χ4v) is 3.99. The van der Waals surface area contributed by atoms with Gasteiger partial charge in [-0.15, -0.1) is 0 Å². The Bertz CT molecular complexity index is 1010. The minimum atomic E-state index is -0.675. The summed E-state index contributed by atoms with van der Waals surface area (Å²) >= 11 is 3.47. The van der Waals surface area contributed by atoms with Gasteiger partial charge in [0.05, 0.1) is 18.2 Å². The zero-order chi connectivity index (χ0) is 23.4. The maximum absolute atomic E-state index is 13.0. The molecule has 32 heavy (non-hydrogen) atoms. The van der Waals surface area contributed by atoms with Crippen molar-refractivity contribution in [3.05, 3.63) is 69.7 Å². The van der Waals surface area contributed by atoms with Crippen LogP contribution in [-0.4, -0.2) is 60.4 Å². The number of ether oxygens (including phenoxy) is 1. The number of hydrogen-bond donors (Lipinski definition) is 1. The van der Waals surface area contributed by atoms with Gasteiger partial charge in [0.1, 0.15) is 11.5 Å². The number of hydrogen-bond acceptors (Lipinski definition) is 5. The lowest BCUT2D eigenvalue weighted by Gasteiger charge is -2.26. The monoisotopic (exact) mass is 500 g/mol. The molecule has 1 amide bonds. The fourth-order valence-electron chi connectivity index (χ4n) is 3.57. The van der Waals surface area contributed by atoms with Gasteiger partial charge in [-0.3, -0.25) is 9.59 Å². The number of likely N-dealkylation sites (N-methyl/N-ethyl adjacent to an activating group) is 1. The summed E-state index contributed by atoms with van der Waals surface area (Å²) in [5.74, 6) is -0.380. The Balaban J connectivity index is 2.03. The van der Waals surface area contributed by atoms with Gasteiger partial charge in [-0.25, -0.2) is 0 Å². The summed E-state index contributed by atoms with van der Waals surface area (Å²) in [5.41, 5.74) is 1.32. The smallest absolute Gasteiger partial charge is 0.295 e. The van der Waals surface area contributed by atoms with Gasteiger partial charge in [-0.1, -0.05) is 41.9 Å². The van der Waals surface area contributed by atoms with Crippen molar-refractivity contribution in [1.29, 1.82) is 0 Å². The first-order valence-corrected chi connectivity index (χ1v) is 11.4. The van der Waals surface area contributed by atoms with Gasteiger partial charge in [0.2, 0.25) is 0 Å². The van der Waals surface area contributed by atoms with Gasteiger partial charge < -0.3 is 19.6 Å². The van der Waals surface area contributed by atoms with Crippen LogP contribution >= 0.6 is 15.9 Å². The quantitative estimate of drug-likeness (QED) is 0.329. The lowest BCUT2D eigenvalue weighted by Crippen LogP contribution is -2.35. The first-order chi connectivity index (χ1) is 15.2. The number of ketones is 1. The molecule has 7 heteroatoms. The summed E-state index contributed by atoms with van der Waals surface area (Å²) in [5, 5.41) is 11.1. The average Bonchev–Trinajstić information content (AvgIpc) is 3.01. The van der Waals surface area contributed by atoms with Crippen molar-refractivity contribution < 1.29 is 19.4 Å². The van der Waals surface area contributed by atoms with E-state index in [2.05, 4.69) is 29.8 Å². The number of carbonyl (C=O) groups is 2. The zero-order valence-corrected chi connectivity index (χ0v) is 20.4. The summed E-state index contributed by atoms with van der Waals surface area (Å²) in [6.07, 6.45) is 0. The van der Waals surface area contributed by atoms with Gasteiger partial charge in [0, 0.05) is 23.1 Å². The number of likely N-dealkylation sites (tertiary alicyclic amines) is 1. The number of aliphatic hydroxyl groups is 1. The van der Waals surface area contributed by atoms with Gasteiger partial charge in [-0.2, -0.15) is 0 Å². The molecule has 0 spiro atoms. The molecule has 0 aliphatic carbocycles. The number of Topliss-reactive ketones (excluding diaryl/α,β-unsaturated/α-hetero) is 1. The molecular formula is C25H29BrN2O4. The standard InChI is InChI=1S/C25H29BrN2O4/c1-16(2)15-32-20-10-8-17(9-11-20)23(29)21-22(18-6-5-7-19(26)14-18)28(13-12-27(3)4)25(31)24(21)30/h5-11,14,16,22,29H,12-13,15H2,1-4H3/b23-21+. The Morgan fingerprint density at radius 3 is 2.44 bits per heavy atom. The first-order valence-electron chi connectivity index (χ1n) is 10.6. The number of carbonyl (C=O) groups excluding carboxylic acids is 2. The average molecular weight is 501 g/mol. The van der Waals surface area contributed by atoms with Crippen LogP contribution in [0.3, 0.4) is 0 Å². The van der Waals surface area contributed by atoms with Crippen LogP contribution in [0.5, 0.6) is 5.75 Å². The number of nitrogens with zero attached hydrogens (tertiary/aromatic N) is 2. The highest BCUT2D eigenvalue weighted by Crippen LogP contribution is 2.40. The highest BCUT2D eigenvalue weighted by Gasteiger charge is 2.45. The molecular weight excluding hydrogens is 472 g/mol. The highest BCUT2D eigenvalue weighted by atomic mass is 79.9. The number of aliphatic hydroxyl groups excluding tert-OH is 1. The molecule has 6 nitrogen and oxygen atoms in total. The Labute approximate surface area is 197 Å². The van der Waals surface area contributed by atoms with Crippen LogP contribution in [-0.2, 0) is 9.59 Å². The summed E-state index contributed by atoms with van der Waals surface area (Å²) in [7, 11) is 3.82. The molecule has 0 saturated carbocycles. The van der Waals surface area contributed by atoms with Crippen molar-refractivity contribution in [2.75, 3.05) is 33.8 Å². The fraction of sp³-hybridized carbons (Fsp3) is 0.360. The molecule has 1 N–H and O–H groups in total. The van der Waals surface area contributed by atoms with E-state index in [1.165, 1.54) is 4.90 Å². The van der Waals surface area contributed by atoms with Crippen LogP contribution in [0.4, 0.5) is 0 Å². The lowest BCUT2D eigenvalue weighted by atomic mass is 9.95. The largest absolute Gasteiger partial charge is 0.507 e. The Morgan fingerprint density at radius 1 is 1.16 bits per heavy atom. The third-order valence-electron chi connectivity index (χ3n) is 5.20. The van der Waals surface area contributed by atoms with E-state index in [0.29, 0.717) is 36.9 Å². The van der Waals surface area contributed by atoms with E-state index in [9.17, 15) is 14.7 Å². The van der Waals surface area contributed by atoms with E-state index in [-0.39, 0.29) is 11.3 Å². The van der Waals surface area contributed by atoms with E-state index >= 15 is 0 Å². The van der Waals surface area contributed by atoms with Gasteiger partial charge >= 0.3 is 0 Å². The summed E-state index contributed by atoms with van der Waals surface area (Å²) in [6, 6.07) is 13.7. The molecule has 170 valence electrons. The predicted molar refractivity (Wildman–Crippen MR) is 128 cm³/mol. The van der Waals surface area contributed by atoms with Gasteiger partial charge in [0.15, 0.2) is 0 Å². The minimum Gasteiger partial charge on any atom is -0.507 e. The molecule has 0 aromatic heterocycles. The summed E-state index contributed by atoms with van der Waals surface area (Å²) in [4.78, 5) is 29.4. The van der Waals surface area contributed by atoms with Crippen molar-refractivity contribution in [2.24, 2.45) is 5.92 Å². The Hall–Kier alpha value is -2.64. The van der Waals surface area contributed by atoms with Gasteiger partial charge in [0.25, 0.3) is 11.7 Å². The number of rotatable bonds is 8. The molecule has 0 bridgehead atoms. The number of benzene rings is 2. The van der Waals surface area contributed by atoms with E-state index in [1.54, 1.807) is 24.3 Å². The first kappa shape index (κ1) is 24.0. The minimum absolute atomic E-state index is 0.0997. The molecule has 3 rings (SSSR count). The van der Waals surface area contributed by atoms with Crippen LogP contribution in [0, 0.1) is 5.92 Å². The van der Waals surface area contributed by atoms with E-state index in [1.807, 2.05) is 43.3 Å². The molecule has 0 radical (unpaired) electrons. The van der Waals surface area contributed by atoms with E-state index in [4.69, 9.17) is 4.74 Å². The molecule has 1 fully saturated rings. The molecule has 1 heterocycles. The number of halogens is 1. The second kappa shape index (κ2) is 10.3. The Kier molecular flexibility index (Phi) is 7.74. The van der Waals surface area contributed by atoms with Crippen molar-refractivity contribution in [1.82, 2.24) is 9.80 Å². The topological polar surface area (TPSA) is 70.1 Å². The molecule has 1 aliphatic rings. The molecule has 1 saturated heterocycles. The molecule has 1 aliphatic heterocycles. The van der Waals surface area contributed by atoms with Crippen LogP contribution < -0.4 is 4.74 Å². The highest BCUT2D eigenvalue weighted by molar-refractivity contribution is 9.10.